The van der Waals surface area contributed by atoms with Crippen LogP contribution in [0.25, 0.3) is 5.65 Å². The van der Waals surface area contributed by atoms with Gasteiger partial charge in [-0.25, -0.2) is 9.78 Å². The first-order valence-corrected chi connectivity index (χ1v) is 7.47. The molecule has 120 valence electrons. The Hall–Kier alpha value is -2.08. The molecule has 2 aromatic rings. The second kappa shape index (κ2) is 6.79. The summed E-state index contributed by atoms with van der Waals surface area (Å²) in [6.45, 7) is 7.05. The van der Waals surface area contributed by atoms with Gasteiger partial charge in [-0.2, -0.15) is 0 Å². The minimum absolute atomic E-state index is 0.119. The number of urea groups is 1. The molecular weight excluding hydrogens is 280 g/mol. The van der Waals surface area contributed by atoms with Crippen molar-refractivity contribution < 1.29 is 9.90 Å². The molecule has 0 aliphatic rings. The van der Waals surface area contributed by atoms with Crippen LogP contribution in [0, 0.1) is 12.3 Å². The second-order valence-corrected chi connectivity index (χ2v) is 6.30. The summed E-state index contributed by atoms with van der Waals surface area (Å²) in [4.78, 5) is 16.3. The van der Waals surface area contributed by atoms with Gasteiger partial charge in [-0.3, -0.25) is 0 Å². The molecule has 0 aromatic carbocycles. The molecule has 6 heteroatoms. The molecule has 0 spiro atoms. The van der Waals surface area contributed by atoms with Gasteiger partial charge in [0.1, 0.15) is 5.65 Å². The molecule has 3 N–H and O–H groups in total. The minimum Gasteiger partial charge on any atom is -0.396 e. The number of nitrogens with zero attached hydrogens (tertiary/aromatic N) is 2. The summed E-state index contributed by atoms with van der Waals surface area (Å²) >= 11 is 0. The van der Waals surface area contributed by atoms with Crippen molar-refractivity contribution in [3.05, 3.63) is 35.8 Å². The Morgan fingerprint density at radius 2 is 2.14 bits per heavy atom. The van der Waals surface area contributed by atoms with Crippen LogP contribution in [0.5, 0.6) is 0 Å². The molecule has 2 rings (SSSR count). The minimum atomic E-state index is -0.222. The number of amides is 2. The molecule has 22 heavy (non-hydrogen) atoms. The number of carbonyl (C=O) groups excluding carboxylic acids is 1. The third-order valence-corrected chi connectivity index (χ3v) is 3.69. The van der Waals surface area contributed by atoms with Crippen LogP contribution in [-0.4, -0.2) is 33.7 Å². The third-order valence-electron chi connectivity index (χ3n) is 3.69. The van der Waals surface area contributed by atoms with Crippen LogP contribution < -0.4 is 10.6 Å². The standard InChI is InChI=1S/C16H24N4O2/c1-12-5-4-6-14-19-13(10-20(12)14)9-17-15(22)18-11-16(2,3)7-8-21/h4-6,10,21H,7-9,11H2,1-3H3,(H2,17,18,22). The Morgan fingerprint density at radius 3 is 2.82 bits per heavy atom. The van der Waals surface area contributed by atoms with Gasteiger partial charge in [0.2, 0.25) is 0 Å². The Labute approximate surface area is 130 Å². The number of rotatable bonds is 6. The molecule has 0 radical (unpaired) electrons. The van der Waals surface area contributed by atoms with Gasteiger partial charge < -0.3 is 20.1 Å². The molecule has 2 heterocycles. The first-order valence-electron chi connectivity index (χ1n) is 7.47. The van der Waals surface area contributed by atoms with Gasteiger partial charge in [-0.15, -0.1) is 0 Å². The fourth-order valence-electron chi connectivity index (χ4n) is 2.23. The van der Waals surface area contributed by atoms with Crippen molar-refractivity contribution in [3.63, 3.8) is 0 Å². The molecule has 0 unspecified atom stereocenters. The molecule has 0 saturated carbocycles. The summed E-state index contributed by atoms with van der Waals surface area (Å²) in [6.07, 6.45) is 2.58. The average Bonchev–Trinajstić information content (AvgIpc) is 2.87. The Kier molecular flexibility index (Phi) is 5.03. The van der Waals surface area contributed by atoms with E-state index in [1.54, 1.807) is 0 Å². The van der Waals surface area contributed by atoms with Crippen molar-refractivity contribution in [1.29, 1.82) is 0 Å². The SMILES string of the molecule is Cc1cccc2nc(CNC(=O)NCC(C)(C)CCO)cn12. The van der Waals surface area contributed by atoms with Crippen LogP contribution in [0.4, 0.5) is 4.79 Å². The number of nitrogens with one attached hydrogen (secondary N) is 2. The van der Waals surface area contributed by atoms with E-state index in [9.17, 15) is 4.79 Å². The Morgan fingerprint density at radius 1 is 1.36 bits per heavy atom. The third kappa shape index (κ3) is 4.21. The summed E-state index contributed by atoms with van der Waals surface area (Å²) in [5.41, 5.74) is 2.68. The monoisotopic (exact) mass is 304 g/mol. The van der Waals surface area contributed by atoms with Crippen LogP contribution in [0.3, 0.4) is 0 Å². The number of fused-ring (bicyclic) bond motifs is 1. The summed E-state index contributed by atoms with van der Waals surface area (Å²) in [6, 6.07) is 5.69. The number of aliphatic hydroxyl groups is 1. The van der Waals surface area contributed by atoms with Gasteiger partial charge in [0.05, 0.1) is 12.2 Å². The number of aliphatic hydroxyl groups excluding tert-OH is 1. The first-order chi connectivity index (χ1) is 10.4. The van der Waals surface area contributed by atoms with Gasteiger partial charge >= 0.3 is 6.03 Å². The fourth-order valence-corrected chi connectivity index (χ4v) is 2.23. The van der Waals surface area contributed by atoms with E-state index < -0.39 is 0 Å². The van der Waals surface area contributed by atoms with Crippen molar-refractivity contribution in [2.45, 2.75) is 33.7 Å². The van der Waals surface area contributed by atoms with E-state index in [0.29, 0.717) is 19.5 Å². The lowest BCUT2D eigenvalue weighted by Gasteiger charge is -2.23. The predicted molar refractivity (Wildman–Crippen MR) is 85.7 cm³/mol. The van der Waals surface area contributed by atoms with Crippen molar-refractivity contribution in [2.75, 3.05) is 13.2 Å². The summed E-state index contributed by atoms with van der Waals surface area (Å²) < 4.78 is 2.00. The zero-order chi connectivity index (χ0) is 16.2. The largest absolute Gasteiger partial charge is 0.396 e. The molecule has 0 aliphatic heterocycles. The Bertz CT molecular complexity index is 649. The number of aryl methyl sites for hydroxylation is 1. The summed E-state index contributed by atoms with van der Waals surface area (Å²) in [5.74, 6) is 0. The number of imidazole rings is 1. The van der Waals surface area contributed by atoms with Crippen LogP contribution in [0.15, 0.2) is 24.4 Å². The van der Waals surface area contributed by atoms with Crippen molar-refractivity contribution in [1.82, 2.24) is 20.0 Å². The summed E-state index contributed by atoms with van der Waals surface area (Å²) in [7, 11) is 0. The average molecular weight is 304 g/mol. The number of carbonyl (C=O) groups is 1. The number of pyridine rings is 1. The van der Waals surface area contributed by atoms with E-state index in [4.69, 9.17) is 5.11 Å². The topological polar surface area (TPSA) is 78.7 Å². The van der Waals surface area contributed by atoms with E-state index in [1.165, 1.54) is 0 Å². The zero-order valence-corrected chi connectivity index (χ0v) is 13.4. The van der Waals surface area contributed by atoms with Gasteiger partial charge in [0.15, 0.2) is 0 Å². The molecule has 0 atom stereocenters. The van der Waals surface area contributed by atoms with Crippen molar-refractivity contribution >= 4 is 11.7 Å². The number of hydrogen-bond donors (Lipinski definition) is 3. The normalized spacial score (nSPS) is 11.6. The van der Waals surface area contributed by atoms with E-state index >= 15 is 0 Å². The maximum atomic E-state index is 11.8. The highest BCUT2D eigenvalue weighted by atomic mass is 16.3. The molecular formula is C16H24N4O2. The molecule has 0 bridgehead atoms. The van der Waals surface area contributed by atoms with E-state index in [2.05, 4.69) is 15.6 Å². The molecule has 2 amide bonds. The highest BCUT2D eigenvalue weighted by molar-refractivity contribution is 5.73. The second-order valence-electron chi connectivity index (χ2n) is 6.30. The summed E-state index contributed by atoms with van der Waals surface area (Å²) in [5, 5.41) is 14.6. The van der Waals surface area contributed by atoms with Gasteiger partial charge in [0.25, 0.3) is 0 Å². The highest BCUT2D eigenvalue weighted by Crippen LogP contribution is 2.17. The maximum Gasteiger partial charge on any atom is 0.315 e. The van der Waals surface area contributed by atoms with Crippen LogP contribution in [-0.2, 0) is 6.54 Å². The quantitative estimate of drug-likeness (QED) is 0.762. The van der Waals surface area contributed by atoms with Crippen LogP contribution in [0.1, 0.15) is 31.7 Å². The van der Waals surface area contributed by atoms with Crippen molar-refractivity contribution in [3.8, 4) is 0 Å². The number of aromatic nitrogens is 2. The van der Waals surface area contributed by atoms with Gasteiger partial charge in [-0.1, -0.05) is 19.9 Å². The number of hydrogen-bond acceptors (Lipinski definition) is 3. The lowest BCUT2D eigenvalue weighted by Crippen LogP contribution is -2.40. The maximum absolute atomic E-state index is 11.8. The predicted octanol–water partition coefficient (Wildman–Crippen LogP) is 1.85. The van der Waals surface area contributed by atoms with Crippen molar-refractivity contribution in [2.24, 2.45) is 5.41 Å². The molecule has 0 saturated heterocycles. The van der Waals surface area contributed by atoms with Crippen LogP contribution in [0.2, 0.25) is 0 Å². The lowest BCUT2D eigenvalue weighted by atomic mass is 9.90. The van der Waals surface area contributed by atoms with E-state index in [0.717, 1.165) is 17.0 Å². The van der Waals surface area contributed by atoms with Gasteiger partial charge in [0, 0.05) is 25.0 Å². The van der Waals surface area contributed by atoms with E-state index in [-0.39, 0.29) is 18.1 Å². The Balaban J connectivity index is 1.86. The molecule has 2 aromatic heterocycles. The van der Waals surface area contributed by atoms with Gasteiger partial charge in [-0.05, 0) is 30.9 Å². The lowest BCUT2D eigenvalue weighted by molar-refractivity contribution is 0.201. The van der Waals surface area contributed by atoms with Crippen LogP contribution >= 0.6 is 0 Å². The molecule has 0 fully saturated rings. The molecule has 0 aliphatic carbocycles. The molecule has 6 nitrogen and oxygen atoms in total. The van der Waals surface area contributed by atoms with E-state index in [1.807, 2.05) is 49.6 Å². The zero-order valence-electron chi connectivity index (χ0n) is 13.4. The smallest absolute Gasteiger partial charge is 0.315 e. The first kappa shape index (κ1) is 16.3. The fraction of sp³-hybridized carbons (Fsp3) is 0.500. The highest BCUT2D eigenvalue weighted by Gasteiger charge is 2.18.